The van der Waals surface area contributed by atoms with Crippen LogP contribution in [0.3, 0.4) is 0 Å². The van der Waals surface area contributed by atoms with Gasteiger partial charge in [-0.3, -0.25) is 0 Å². The molecule has 0 N–H and O–H groups in total. The summed E-state index contributed by atoms with van der Waals surface area (Å²) in [6, 6.07) is 0. The predicted octanol–water partition coefficient (Wildman–Crippen LogP) is 5.70. The van der Waals surface area contributed by atoms with E-state index < -0.39 is 0 Å². The first-order chi connectivity index (χ1) is 6.74. The first kappa shape index (κ1) is 29.6. The Morgan fingerprint density at radius 2 is 0.667 bits per heavy atom. The molecule has 0 amide bonds. The average molecular weight is 248 g/mol. The number of unbranched alkanes of at least 4 members (excludes halogenated alkanes) is 3. The molecule has 0 bridgehead atoms. The van der Waals surface area contributed by atoms with Gasteiger partial charge in [0.2, 0.25) is 0 Å². The Kier molecular flexibility index (Phi) is 121. The third kappa shape index (κ3) is 172. The van der Waals surface area contributed by atoms with Gasteiger partial charge in [0.1, 0.15) is 0 Å². The van der Waals surface area contributed by atoms with Crippen molar-refractivity contribution in [2.75, 3.05) is 0 Å². The van der Waals surface area contributed by atoms with Gasteiger partial charge in [-0.2, -0.15) is 26.2 Å². The van der Waals surface area contributed by atoms with Crippen LogP contribution in [0.25, 0.3) is 0 Å². The molecule has 0 aromatic rings. The molecule has 0 atom stereocenters. The van der Waals surface area contributed by atoms with E-state index >= 15 is 0 Å². The van der Waals surface area contributed by atoms with Gasteiger partial charge in [-0.15, -0.1) is 0 Å². The zero-order chi connectivity index (χ0) is 12.2. The summed E-state index contributed by atoms with van der Waals surface area (Å²) in [7, 11) is 0. The number of hydrogen-bond donors (Lipinski definition) is 0. The molecular weight excluding hydrogens is 216 g/mol. The van der Waals surface area contributed by atoms with Crippen LogP contribution >= 0.6 is 0 Å². The van der Waals surface area contributed by atoms with Gasteiger partial charge in [-0.1, -0.05) is 40.0 Å². The fourth-order valence-corrected chi connectivity index (χ4v) is 0. The van der Waals surface area contributed by atoms with Gasteiger partial charge in [0.05, 0.1) is 0 Å². The van der Waals surface area contributed by atoms with Crippen LogP contribution in [0.1, 0.15) is 66.2 Å². The van der Waals surface area contributed by atoms with E-state index in [4.69, 9.17) is 0 Å². The van der Waals surface area contributed by atoms with Crippen LogP contribution in [0.15, 0.2) is 0 Å². The van der Waals surface area contributed by atoms with Crippen LogP contribution in [0.5, 0.6) is 0 Å². The molecule has 0 unspecified atom stereocenters. The van der Waals surface area contributed by atoms with E-state index in [-0.39, 0.29) is 21.7 Å². The van der Waals surface area contributed by atoms with Crippen molar-refractivity contribution < 1.29 is 21.7 Å². The second-order valence-corrected chi connectivity index (χ2v) is 2.56. The van der Waals surface area contributed by atoms with E-state index in [1.807, 2.05) is 0 Å². The molecule has 0 fully saturated rings. The molecule has 0 saturated carbocycles. The quantitative estimate of drug-likeness (QED) is 0.444. The zero-order valence-electron chi connectivity index (χ0n) is 11.6. The molecule has 0 heterocycles. The van der Waals surface area contributed by atoms with E-state index in [0.29, 0.717) is 0 Å². The molecule has 0 aliphatic carbocycles. The maximum Gasteiger partial charge on any atom is 4.00 e. The molecule has 0 radical (unpaired) electrons. The van der Waals surface area contributed by atoms with Gasteiger partial charge in [0, 0.05) is 0 Å². The van der Waals surface area contributed by atoms with Crippen LogP contribution in [0.4, 0.5) is 0 Å². The summed E-state index contributed by atoms with van der Waals surface area (Å²) >= 11 is 0. The molecular formula is C14H32Ti. The Morgan fingerprint density at radius 1 is 0.600 bits per heavy atom. The Morgan fingerprint density at radius 3 is 0.667 bits per heavy atom. The Balaban J connectivity index is -0.0000000298. The molecule has 0 aliphatic heterocycles. The molecule has 15 heavy (non-hydrogen) atoms. The topological polar surface area (TPSA) is 0 Å². The van der Waals surface area contributed by atoms with Crippen LogP contribution in [0.2, 0.25) is 0 Å². The Labute approximate surface area is 116 Å². The normalized spacial score (nSPS) is 6.40. The maximum atomic E-state index is 3.60. The van der Waals surface area contributed by atoms with E-state index in [0.717, 1.165) is 19.3 Å². The second kappa shape index (κ2) is 61.4. The maximum absolute atomic E-state index is 3.60. The van der Waals surface area contributed by atoms with Gasteiger partial charge >= 0.3 is 21.7 Å². The number of rotatable bonds is 3. The minimum absolute atomic E-state index is 0. The first-order valence-corrected chi connectivity index (χ1v) is 5.83. The number of hydrogen-bond acceptors (Lipinski definition) is 0. The van der Waals surface area contributed by atoms with Gasteiger partial charge in [-0.25, -0.2) is 0 Å². The summed E-state index contributed by atoms with van der Waals surface area (Å²) in [6.45, 7) is 22.2. The minimum Gasteiger partial charge on any atom is -0.346 e. The van der Waals surface area contributed by atoms with Crippen LogP contribution in [0, 0.1) is 27.7 Å². The molecule has 0 nitrogen and oxygen atoms in total. The van der Waals surface area contributed by atoms with Crippen molar-refractivity contribution >= 4 is 0 Å². The van der Waals surface area contributed by atoms with E-state index in [2.05, 4.69) is 48.5 Å². The molecule has 0 aromatic heterocycles. The Hall–Kier alpha value is 0.714. The fraction of sp³-hybridized carbons (Fsp3) is 0.714. The van der Waals surface area contributed by atoms with Crippen molar-refractivity contribution in [2.45, 2.75) is 66.2 Å². The smallest absolute Gasteiger partial charge is 0.346 e. The first-order valence-electron chi connectivity index (χ1n) is 5.83. The van der Waals surface area contributed by atoms with Crippen molar-refractivity contribution in [1.29, 1.82) is 0 Å². The molecule has 0 aliphatic rings. The van der Waals surface area contributed by atoms with Gasteiger partial charge < -0.3 is 27.7 Å². The SMILES string of the molecule is [CH2-]C.[CH2-]CCC.[CH2-]CCC.[CH2-]CCC.[Ti+4]. The summed E-state index contributed by atoms with van der Waals surface area (Å²) in [5.74, 6) is 0. The average Bonchev–Trinajstić information content (AvgIpc) is 2.31. The largest absolute Gasteiger partial charge is 4.00 e. The van der Waals surface area contributed by atoms with Crippen LogP contribution < -0.4 is 0 Å². The van der Waals surface area contributed by atoms with E-state index in [9.17, 15) is 0 Å². The third-order valence-electron chi connectivity index (χ3n) is 1.06. The monoisotopic (exact) mass is 248 g/mol. The summed E-state index contributed by atoms with van der Waals surface area (Å²) < 4.78 is 0. The van der Waals surface area contributed by atoms with Crippen molar-refractivity contribution in [3.05, 3.63) is 27.7 Å². The standard InChI is InChI=1S/3C4H9.C2H5.Ti/c3*1-3-4-2;1-2;/h3*1,3-4H2,2H3;1H2,2H3;/q4*-1;+4. The van der Waals surface area contributed by atoms with Crippen molar-refractivity contribution in [1.82, 2.24) is 0 Å². The van der Waals surface area contributed by atoms with Gasteiger partial charge in [0.25, 0.3) is 0 Å². The van der Waals surface area contributed by atoms with Crippen LogP contribution in [-0.2, 0) is 21.7 Å². The molecule has 0 spiro atoms. The molecule has 0 rings (SSSR count). The Bertz CT molecular complexity index is 20.8. The molecule has 1 heteroatoms. The summed E-state index contributed by atoms with van der Waals surface area (Å²) in [5.41, 5.74) is 0. The molecule has 0 aromatic carbocycles. The zero-order valence-corrected chi connectivity index (χ0v) is 13.1. The predicted molar refractivity (Wildman–Crippen MR) is 71.8 cm³/mol. The third-order valence-corrected chi connectivity index (χ3v) is 1.06. The molecule has 92 valence electrons. The second-order valence-electron chi connectivity index (χ2n) is 2.56. The summed E-state index contributed by atoms with van der Waals surface area (Å²) in [5, 5.41) is 0. The van der Waals surface area contributed by atoms with E-state index in [1.165, 1.54) is 19.3 Å². The van der Waals surface area contributed by atoms with Crippen LogP contribution in [-0.4, -0.2) is 0 Å². The van der Waals surface area contributed by atoms with E-state index in [1.54, 1.807) is 6.92 Å². The van der Waals surface area contributed by atoms with Crippen molar-refractivity contribution in [2.24, 2.45) is 0 Å². The minimum atomic E-state index is 0. The summed E-state index contributed by atoms with van der Waals surface area (Å²) in [4.78, 5) is 0. The summed E-state index contributed by atoms with van der Waals surface area (Å²) in [6.07, 6.45) is 6.83. The molecule has 0 saturated heterocycles. The van der Waals surface area contributed by atoms with Gasteiger partial charge in [-0.05, 0) is 0 Å². The van der Waals surface area contributed by atoms with Crippen molar-refractivity contribution in [3.8, 4) is 0 Å². The fourth-order valence-electron chi connectivity index (χ4n) is 0. The van der Waals surface area contributed by atoms with Gasteiger partial charge in [0.15, 0.2) is 0 Å². The van der Waals surface area contributed by atoms with Crippen molar-refractivity contribution in [3.63, 3.8) is 0 Å².